The fourth-order valence-electron chi connectivity index (χ4n) is 1.91. The highest BCUT2D eigenvalue weighted by atomic mass is 35.5. The van der Waals surface area contributed by atoms with Crippen molar-refractivity contribution in [1.82, 2.24) is 10.6 Å². The van der Waals surface area contributed by atoms with E-state index in [-0.39, 0.29) is 0 Å². The standard InChI is InChI=1S/C11H17ClN2S/c12-11-5-4-10(15-11)8-13-7-9-3-1-2-6-14-9/h4-5,9,13-14H,1-3,6-8H2. The van der Waals surface area contributed by atoms with E-state index in [2.05, 4.69) is 16.7 Å². The highest BCUT2D eigenvalue weighted by Crippen LogP contribution is 2.20. The molecule has 1 aromatic rings. The van der Waals surface area contributed by atoms with Gasteiger partial charge in [-0.25, -0.2) is 0 Å². The summed E-state index contributed by atoms with van der Waals surface area (Å²) in [5, 5.41) is 7.00. The zero-order chi connectivity index (χ0) is 10.5. The van der Waals surface area contributed by atoms with Crippen molar-refractivity contribution >= 4 is 22.9 Å². The SMILES string of the molecule is Clc1ccc(CNCC2CCCCN2)s1. The van der Waals surface area contributed by atoms with Crippen molar-refractivity contribution in [2.45, 2.75) is 31.8 Å². The van der Waals surface area contributed by atoms with Crippen LogP contribution in [0.2, 0.25) is 4.34 Å². The molecule has 0 amide bonds. The first-order chi connectivity index (χ1) is 7.34. The van der Waals surface area contributed by atoms with E-state index in [1.165, 1.54) is 30.7 Å². The van der Waals surface area contributed by atoms with Crippen molar-refractivity contribution in [2.75, 3.05) is 13.1 Å². The van der Waals surface area contributed by atoms with Crippen LogP contribution >= 0.6 is 22.9 Å². The maximum atomic E-state index is 5.87. The second kappa shape index (κ2) is 5.85. The van der Waals surface area contributed by atoms with Crippen LogP contribution in [0.3, 0.4) is 0 Å². The smallest absolute Gasteiger partial charge is 0.0931 e. The van der Waals surface area contributed by atoms with Gasteiger partial charge in [0.05, 0.1) is 4.34 Å². The van der Waals surface area contributed by atoms with Gasteiger partial charge in [-0.2, -0.15) is 0 Å². The second-order valence-corrected chi connectivity index (χ2v) is 5.78. The highest BCUT2D eigenvalue weighted by molar-refractivity contribution is 7.16. The van der Waals surface area contributed by atoms with Crippen LogP contribution in [0, 0.1) is 0 Å². The molecule has 1 atom stereocenters. The van der Waals surface area contributed by atoms with Crippen molar-refractivity contribution in [3.63, 3.8) is 0 Å². The van der Waals surface area contributed by atoms with Crippen molar-refractivity contribution in [2.24, 2.45) is 0 Å². The molecule has 0 bridgehead atoms. The Morgan fingerprint density at radius 2 is 2.40 bits per heavy atom. The van der Waals surface area contributed by atoms with E-state index in [0.717, 1.165) is 17.4 Å². The summed E-state index contributed by atoms with van der Waals surface area (Å²) >= 11 is 7.52. The zero-order valence-electron chi connectivity index (χ0n) is 8.76. The first-order valence-corrected chi connectivity index (χ1v) is 6.72. The summed E-state index contributed by atoms with van der Waals surface area (Å²) in [6.07, 6.45) is 4.00. The Labute approximate surface area is 100 Å². The van der Waals surface area contributed by atoms with E-state index in [9.17, 15) is 0 Å². The maximum absolute atomic E-state index is 5.87. The molecule has 15 heavy (non-hydrogen) atoms. The monoisotopic (exact) mass is 244 g/mol. The second-order valence-electron chi connectivity index (χ2n) is 3.98. The van der Waals surface area contributed by atoms with E-state index in [1.54, 1.807) is 11.3 Å². The van der Waals surface area contributed by atoms with Crippen molar-refractivity contribution in [1.29, 1.82) is 0 Å². The normalized spacial score (nSPS) is 21.8. The number of halogens is 1. The summed E-state index contributed by atoms with van der Waals surface area (Å²) < 4.78 is 0.877. The summed E-state index contributed by atoms with van der Waals surface area (Å²) in [4.78, 5) is 1.32. The molecule has 2 nitrogen and oxygen atoms in total. The van der Waals surface area contributed by atoms with E-state index in [0.29, 0.717) is 6.04 Å². The van der Waals surface area contributed by atoms with Gasteiger partial charge in [0.2, 0.25) is 0 Å². The van der Waals surface area contributed by atoms with Gasteiger partial charge in [0.1, 0.15) is 0 Å². The average molecular weight is 245 g/mol. The lowest BCUT2D eigenvalue weighted by Gasteiger charge is -2.23. The molecule has 1 aliphatic heterocycles. The van der Waals surface area contributed by atoms with Crippen LogP contribution in [0.25, 0.3) is 0 Å². The molecule has 0 aliphatic carbocycles. The Morgan fingerprint density at radius 3 is 3.07 bits per heavy atom. The Kier molecular flexibility index (Phi) is 4.44. The average Bonchev–Trinajstić information content (AvgIpc) is 2.66. The lowest BCUT2D eigenvalue weighted by Crippen LogP contribution is -2.41. The molecular formula is C11H17ClN2S. The van der Waals surface area contributed by atoms with E-state index in [4.69, 9.17) is 11.6 Å². The minimum absolute atomic E-state index is 0.661. The van der Waals surface area contributed by atoms with Gasteiger partial charge >= 0.3 is 0 Å². The topological polar surface area (TPSA) is 24.1 Å². The van der Waals surface area contributed by atoms with Gasteiger partial charge in [-0.05, 0) is 31.5 Å². The Hall–Kier alpha value is -0.0900. The Bertz CT molecular complexity index is 295. The molecule has 1 aromatic heterocycles. The van der Waals surface area contributed by atoms with E-state index in [1.807, 2.05) is 6.07 Å². The van der Waals surface area contributed by atoms with Crippen LogP contribution in [-0.4, -0.2) is 19.1 Å². The predicted octanol–water partition coefficient (Wildman–Crippen LogP) is 2.63. The van der Waals surface area contributed by atoms with Gasteiger partial charge in [-0.3, -0.25) is 0 Å². The molecule has 0 radical (unpaired) electrons. The van der Waals surface area contributed by atoms with Gasteiger partial charge in [0, 0.05) is 24.0 Å². The first kappa shape index (κ1) is 11.4. The summed E-state index contributed by atoms with van der Waals surface area (Å²) in [7, 11) is 0. The van der Waals surface area contributed by atoms with Crippen molar-refractivity contribution < 1.29 is 0 Å². The fraction of sp³-hybridized carbons (Fsp3) is 0.636. The van der Waals surface area contributed by atoms with Gasteiger partial charge in [0.15, 0.2) is 0 Å². The van der Waals surface area contributed by atoms with E-state index >= 15 is 0 Å². The maximum Gasteiger partial charge on any atom is 0.0931 e. The third kappa shape index (κ3) is 3.76. The quantitative estimate of drug-likeness (QED) is 0.851. The zero-order valence-corrected chi connectivity index (χ0v) is 10.3. The van der Waals surface area contributed by atoms with Crippen LogP contribution in [0.1, 0.15) is 24.1 Å². The summed E-state index contributed by atoms with van der Waals surface area (Å²) in [6.45, 7) is 3.18. The first-order valence-electron chi connectivity index (χ1n) is 5.53. The lowest BCUT2D eigenvalue weighted by molar-refractivity contribution is 0.383. The molecule has 1 saturated heterocycles. The molecular weight excluding hydrogens is 228 g/mol. The Morgan fingerprint density at radius 1 is 1.47 bits per heavy atom. The van der Waals surface area contributed by atoms with Gasteiger partial charge in [-0.15, -0.1) is 11.3 Å². The summed E-state index contributed by atoms with van der Waals surface area (Å²) in [5.74, 6) is 0. The lowest BCUT2D eigenvalue weighted by atomic mass is 10.1. The van der Waals surface area contributed by atoms with Crippen LogP contribution < -0.4 is 10.6 Å². The molecule has 2 N–H and O–H groups in total. The van der Waals surface area contributed by atoms with Crippen molar-refractivity contribution in [3.05, 3.63) is 21.3 Å². The third-order valence-electron chi connectivity index (χ3n) is 2.73. The van der Waals surface area contributed by atoms with Crippen LogP contribution in [0.5, 0.6) is 0 Å². The number of thiophene rings is 1. The van der Waals surface area contributed by atoms with Crippen molar-refractivity contribution in [3.8, 4) is 0 Å². The molecule has 2 heterocycles. The van der Waals surface area contributed by atoms with Gasteiger partial charge in [0.25, 0.3) is 0 Å². The third-order valence-corrected chi connectivity index (χ3v) is 3.96. The molecule has 1 aliphatic rings. The minimum atomic E-state index is 0.661. The predicted molar refractivity (Wildman–Crippen MR) is 66.7 cm³/mol. The minimum Gasteiger partial charge on any atom is -0.313 e. The van der Waals surface area contributed by atoms with Crippen LogP contribution in [0.15, 0.2) is 12.1 Å². The molecule has 2 rings (SSSR count). The molecule has 0 spiro atoms. The number of hydrogen-bond acceptors (Lipinski definition) is 3. The van der Waals surface area contributed by atoms with Gasteiger partial charge < -0.3 is 10.6 Å². The largest absolute Gasteiger partial charge is 0.313 e. The summed E-state index contributed by atoms with van der Waals surface area (Å²) in [5.41, 5.74) is 0. The highest BCUT2D eigenvalue weighted by Gasteiger charge is 2.11. The van der Waals surface area contributed by atoms with Crippen LogP contribution in [0.4, 0.5) is 0 Å². The molecule has 0 saturated carbocycles. The van der Waals surface area contributed by atoms with Gasteiger partial charge in [-0.1, -0.05) is 18.0 Å². The molecule has 1 unspecified atom stereocenters. The number of hydrogen-bond donors (Lipinski definition) is 2. The molecule has 0 aromatic carbocycles. The molecule has 84 valence electrons. The summed E-state index contributed by atoms with van der Waals surface area (Å²) in [6, 6.07) is 4.71. The van der Waals surface area contributed by atoms with E-state index < -0.39 is 0 Å². The van der Waals surface area contributed by atoms with Crippen LogP contribution in [-0.2, 0) is 6.54 Å². The molecule has 4 heteroatoms. The number of rotatable bonds is 4. The Balaban J connectivity index is 1.65. The molecule has 1 fully saturated rings. The fourth-order valence-corrected chi connectivity index (χ4v) is 2.97. The number of nitrogens with one attached hydrogen (secondary N) is 2. The number of piperidine rings is 1.